The Bertz CT molecular complexity index is 428. The SMILES string of the molecule is CC(=O)Oc1c2c(cc3c1CCC3)CCC2. The lowest BCUT2D eigenvalue weighted by Gasteiger charge is -2.13. The van der Waals surface area contributed by atoms with Gasteiger partial charge in [-0.05, 0) is 60.8 Å². The molecule has 0 fully saturated rings. The second kappa shape index (κ2) is 3.62. The number of fused-ring (bicyclic) bond motifs is 2. The van der Waals surface area contributed by atoms with E-state index in [0.29, 0.717) is 0 Å². The summed E-state index contributed by atoms with van der Waals surface area (Å²) in [5.74, 6) is 0.726. The fourth-order valence-electron chi connectivity index (χ4n) is 3.03. The molecule has 0 saturated carbocycles. The van der Waals surface area contributed by atoms with Crippen LogP contribution in [0.25, 0.3) is 0 Å². The van der Waals surface area contributed by atoms with Crippen molar-refractivity contribution in [3.63, 3.8) is 0 Å². The van der Waals surface area contributed by atoms with E-state index in [1.165, 1.54) is 42.0 Å². The molecule has 2 nitrogen and oxygen atoms in total. The largest absolute Gasteiger partial charge is 0.426 e. The van der Waals surface area contributed by atoms with E-state index in [9.17, 15) is 4.79 Å². The van der Waals surface area contributed by atoms with Gasteiger partial charge in [0.2, 0.25) is 0 Å². The van der Waals surface area contributed by atoms with E-state index in [4.69, 9.17) is 4.74 Å². The van der Waals surface area contributed by atoms with E-state index in [1.54, 1.807) is 0 Å². The molecule has 2 aliphatic carbocycles. The minimum absolute atomic E-state index is 0.186. The lowest BCUT2D eigenvalue weighted by Crippen LogP contribution is -2.07. The maximum absolute atomic E-state index is 11.2. The molecule has 0 radical (unpaired) electrons. The number of aryl methyl sites for hydroxylation is 2. The molecule has 0 spiro atoms. The molecule has 84 valence electrons. The van der Waals surface area contributed by atoms with Gasteiger partial charge in [0.1, 0.15) is 5.75 Å². The summed E-state index contributed by atoms with van der Waals surface area (Å²) in [6, 6.07) is 2.34. The van der Waals surface area contributed by atoms with Crippen LogP contribution in [0.15, 0.2) is 6.07 Å². The van der Waals surface area contributed by atoms with E-state index < -0.39 is 0 Å². The van der Waals surface area contributed by atoms with Crippen LogP contribution in [0, 0.1) is 0 Å². The Morgan fingerprint density at radius 1 is 1.06 bits per heavy atom. The van der Waals surface area contributed by atoms with E-state index in [1.807, 2.05) is 0 Å². The van der Waals surface area contributed by atoms with Crippen molar-refractivity contribution in [2.24, 2.45) is 0 Å². The number of ether oxygens (including phenoxy) is 1. The Kier molecular flexibility index (Phi) is 2.23. The standard InChI is InChI=1S/C14H16O2/c1-9(15)16-14-12-6-2-4-10(12)8-11-5-3-7-13(11)14/h8H,2-7H2,1H3. The van der Waals surface area contributed by atoms with Gasteiger partial charge in [-0.2, -0.15) is 0 Å². The average Bonchev–Trinajstić information content (AvgIpc) is 2.83. The third kappa shape index (κ3) is 1.44. The third-order valence-corrected chi connectivity index (χ3v) is 3.66. The first-order valence-electron chi connectivity index (χ1n) is 6.10. The number of hydrogen-bond donors (Lipinski definition) is 0. The number of carbonyl (C=O) groups is 1. The van der Waals surface area contributed by atoms with Crippen LogP contribution in [0.3, 0.4) is 0 Å². The van der Waals surface area contributed by atoms with Crippen molar-refractivity contribution in [3.05, 3.63) is 28.3 Å². The summed E-state index contributed by atoms with van der Waals surface area (Å²) in [6.07, 6.45) is 6.85. The van der Waals surface area contributed by atoms with E-state index in [2.05, 4.69) is 6.07 Å². The predicted octanol–water partition coefficient (Wildman–Crippen LogP) is 2.59. The van der Waals surface area contributed by atoms with Crippen molar-refractivity contribution in [2.75, 3.05) is 0 Å². The van der Waals surface area contributed by atoms with Gasteiger partial charge < -0.3 is 4.74 Å². The van der Waals surface area contributed by atoms with Gasteiger partial charge in [-0.1, -0.05) is 6.07 Å². The van der Waals surface area contributed by atoms with Crippen LogP contribution in [0.4, 0.5) is 0 Å². The summed E-state index contributed by atoms with van der Waals surface area (Å²) < 4.78 is 5.46. The molecule has 0 aliphatic heterocycles. The highest BCUT2D eigenvalue weighted by Gasteiger charge is 2.25. The molecule has 0 heterocycles. The summed E-state index contributed by atoms with van der Waals surface area (Å²) in [7, 11) is 0. The average molecular weight is 216 g/mol. The monoisotopic (exact) mass is 216 g/mol. The Hall–Kier alpha value is -1.31. The number of rotatable bonds is 1. The van der Waals surface area contributed by atoms with Crippen LogP contribution >= 0.6 is 0 Å². The van der Waals surface area contributed by atoms with Crippen LogP contribution in [-0.4, -0.2) is 5.97 Å². The molecule has 2 heteroatoms. The summed E-state index contributed by atoms with van der Waals surface area (Å²) in [4.78, 5) is 11.2. The van der Waals surface area contributed by atoms with Gasteiger partial charge in [-0.3, -0.25) is 4.79 Å². The van der Waals surface area contributed by atoms with E-state index in [-0.39, 0.29) is 5.97 Å². The fraction of sp³-hybridized carbons (Fsp3) is 0.500. The van der Waals surface area contributed by atoms with Gasteiger partial charge in [0.25, 0.3) is 0 Å². The van der Waals surface area contributed by atoms with Gasteiger partial charge in [0, 0.05) is 6.92 Å². The first kappa shape index (κ1) is 9.88. The summed E-state index contributed by atoms with van der Waals surface area (Å²) in [6.45, 7) is 1.50. The maximum atomic E-state index is 11.2. The highest BCUT2D eigenvalue weighted by molar-refractivity contribution is 5.71. The topological polar surface area (TPSA) is 26.3 Å². The second-order valence-corrected chi connectivity index (χ2v) is 4.78. The smallest absolute Gasteiger partial charge is 0.308 e. The van der Waals surface area contributed by atoms with Crippen LogP contribution in [0.1, 0.15) is 42.0 Å². The molecule has 1 aromatic rings. The molecule has 0 saturated heterocycles. The predicted molar refractivity (Wildman–Crippen MR) is 61.8 cm³/mol. The normalized spacial score (nSPS) is 17.1. The molecule has 1 aromatic carbocycles. The highest BCUT2D eigenvalue weighted by Crippen LogP contribution is 2.40. The zero-order valence-electron chi connectivity index (χ0n) is 9.64. The lowest BCUT2D eigenvalue weighted by molar-refractivity contribution is -0.131. The van der Waals surface area contributed by atoms with Crippen molar-refractivity contribution in [1.82, 2.24) is 0 Å². The van der Waals surface area contributed by atoms with Crippen molar-refractivity contribution >= 4 is 5.97 Å². The van der Waals surface area contributed by atoms with Gasteiger partial charge in [0.05, 0.1) is 0 Å². The third-order valence-electron chi connectivity index (χ3n) is 3.66. The fourth-order valence-corrected chi connectivity index (χ4v) is 3.03. The molecule has 0 atom stereocenters. The van der Waals surface area contributed by atoms with Gasteiger partial charge >= 0.3 is 5.97 Å². The van der Waals surface area contributed by atoms with Gasteiger partial charge in [0.15, 0.2) is 0 Å². The number of hydrogen-bond acceptors (Lipinski definition) is 2. The molecule has 0 bridgehead atoms. The van der Waals surface area contributed by atoms with Crippen LogP contribution < -0.4 is 4.74 Å². The van der Waals surface area contributed by atoms with E-state index >= 15 is 0 Å². The van der Waals surface area contributed by atoms with Crippen molar-refractivity contribution in [2.45, 2.75) is 45.4 Å². The number of benzene rings is 1. The van der Waals surface area contributed by atoms with Gasteiger partial charge in [-0.25, -0.2) is 0 Å². The molecule has 2 aliphatic rings. The Balaban J connectivity index is 2.15. The van der Waals surface area contributed by atoms with Gasteiger partial charge in [-0.15, -0.1) is 0 Å². The van der Waals surface area contributed by atoms with Crippen LogP contribution in [-0.2, 0) is 30.5 Å². The Morgan fingerprint density at radius 3 is 2.12 bits per heavy atom. The molecule has 0 amide bonds. The second-order valence-electron chi connectivity index (χ2n) is 4.78. The molecule has 16 heavy (non-hydrogen) atoms. The minimum atomic E-state index is -0.186. The van der Waals surface area contributed by atoms with Crippen LogP contribution in [0.5, 0.6) is 5.75 Å². The molecular weight excluding hydrogens is 200 g/mol. The van der Waals surface area contributed by atoms with Crippen molar-refractivity contribution in [1.29, 1.82) is 0 Å². The Morgan fingerprint density at radius 2 is 1.62 bits per heavy atom. The quantitative estimate of drug-likeness (QED) is 0.533. The summed E-state index contributed by atoms with van der Waals surface area (Å²) in [5.41, 5.74) is 5.43. The van der Waals surface area contributed by atoms with Crippen molar-refractivity contribution in [3.8, 4) is 5.75 Å². The maximum Gasteiger partial charge on any atom is 0.308 e. The first-order valence-corrected chi connectivity index (χ1v) is 6.10. The summed E-state index contributed by atoms with van der Waals surface area (Å²) in [5, 5.41) is 0. The zero-order valence-corrected chi connectivity index (χ0v) is 9.64. The number of esters is 1. The minimum Gasteiger partial charge on any atom is -0.426 e. The molecule has 3 rings (SSSR count). The lowest BCUT2D eigenvalue weighted by atomic mass is 10.0. The zero-order chi connectivity index (χ0) is 11.1. The summed E-state index contributed by atoms with van der Waals surface area (Å²) >= 11 is 0. The molecule has 0 unspecified atom stereocenters. The molecular formula is C14H16O2. The van der Waals surface area contributed by atoms with E-state index in [0.717, 1.165) is 31.4 Å². The number of carbonyl (C=O) groups excluding carboxylic acids is 1. The molecule has 0 N–H and O–H groups in total. The Labute approximate surface area is 95.6 Å². The van der Waals surface area contributed by atoms with Crippen LogP contribution in [0.2, 0.25) is 0 Å². The van der Waals surface area contributed by atoms with Crippen molar-refractivity contribution < 1.29 is 9.53 Å². The first-order chi connectivity index (χ1) is 7.75. The molecule has 0 aromatic heterocycles. The highest BCUT2D eigenvalue weighted by atomic mass is 16.5.